The van der Waals surface area contributed by atoms with Gasteiger partial charge >= 0.3 is 6.01 Å². The number of halogens is 1. The van der Waals surface area contributed by atoms with Gasteiger partial charge in [-0.15, -0.1) is 0 Å². The fraction of sp³-hybridized carbons (Fsp3) is 0.214. The van der Waals surface area contributed by atoms with E-state index in [2.05, 4.69) is 9.97 Å². The third-order valence-corrected chi connectivity index (χ3v) is 3.63. The molecule has 0 bridgehead atoms. The van der Waals surface area contributed by atoms with Crippen molar-refractivity contribution in [2.24, 2.45) is 0 Å². The molecule has 1 amide bonds. The Labute approximate surface area is 149 Å². The van der Waals surface area contributed by atoms with Gasteiger partial charge in [0.25, 0.3) is 5.91 Å². The van der Waals surface area contributed by atoms with Crippen LogP contribution in [-0.2, 0) is 10.0 Å². The van der Waals surface area contributed by atoms with Crippen LogP contribution in [0.15, 0.2) is 24.3 Å². The number of carbonyl (C=O) groups excluding carboxylic acids is 1. The van der Waals surface area contributed by atoms with Gasteiger partial charge in [-0.2, -0.15) is 9.97 Å². The lowest BCUT2D eigenvalue weighted by Gasteiger charge is -2.12. The van der Waals surface area contributed by atoms with E-state index in [1.54, 1.807) is 0 Å². The third-order valence-electron chi connectivity index (χ3n) is 2.76. The summed E-state index contributed by atoms with van der Waals surface area (Å²) in [6, 6.07) is 5.61. The molecular formula is C14H14ClN3O6S. The Morgan fingerprint density at radius 3 is 2.28 bits per heavy atom. The third kappa shape index (κ3) is 4.94. The molecule has 0 saturated heterocycles. The zero-order valence-corrected chi connectivity index (χ0v) is 15.0. The van der Waals surface area contributed by atoms with E-state index in [1.807, 2.05) is 4.72 Å². The van der Waals surface area contributed by atoms with Gasteiger partial charge in [-0.1, -0.05) is 17.7 Å². The fourth-order valence-electron chi connectivity index (χ4n) is 1.77. The van der Waals surface area contributed by atoms with Gasteiger partial charge < -0.3 is 14.2 Å². The number of nitrogens with zero attached hydrogens (tertiary/aromatic N) is 2. The molecule has 134 valence electrons. The Bertz CT molecular complexity index is 881. The van der Waals surface area contributed by atoms with Crippen LogP contribution in [0.2, 0.25) is 5.02 Å². The Kier molecular flexibility index (Phi) is 5.65. The summed E-state index contributed by atoms with van der Waals surface area (Å²) in [5.41, 5.74) is -0.181. The normalized spacial score (nSPS) is 10.9. The first-order valence-electron chi connectivity index (χ1n) is 6.69. The molecule has 2 rings (SSSR count). The van der Waals surface area contributed by atoms with Crippen LogP contribution in [0.3, 0.4) is 0 Å². The number of aromatic nitrogens is 2. The standard InChI is InChI=1S/C14H14ClN3O6S/c1-22-10-7-11(23-2)17-14(16-10)24-9-6-4-5-8(15)12(9)13(19)18-25(3,20)21/h4-7H,1-3H3,(H,18,19). The molecule has 1 N–H and O–H groups in total. The molecule has 0 radical (unpaired) electrons. The summed E-state index contributed by atoms with van der Waals surface area (Å²) >= 11 is 6.01. The average molecular weight is 388 g/mol. The number of ether oxygens (including phenoxy) is 3. The summed E-state index contributed by atoms with van der Waals surface area (Å²) in [5.74, 6) is -0.640. The number of benzene rings is 1. The predicted octanol–water partition coefficient (Wildman–Crippen LogP) is 1.63. The van der Waals surface area contributed by atoms with Crippen molar-refractivity contribution in [3.8, 4) is 23.5 Å². The number of rotatable bonds is 6. The first-order chi connectivity index (χ1) is 11.7. The minimum Gasteiger partial charge on any atom is -0.481 e. The molecule has 2 aromatic rings. The van der Waals surface area contributed by atoms with Crippen molar-refractivity contribution in [3.05, 3.63) is 34.9 Å². The molecule has 0 aliphatic carbocycles. The number of hydrogen-bond acceptors (Lipinski definition) is 8. The lowest BCUT2D eigenvalue weighted by atomic mass is 10.2. The maximum absolute atomic E-state index is 12.2. The minimum atomic E-state index is -3.78. The van der Waals surface area contributed by atoms with Crippen LogP contribution in [0.1, 0.15) is 10.4 Å². The van der Waals surface area contributed by atoms with Crippen LogP contribution >= 0.6 is 11.6 Å². The van der Waals surface area contributed by atoms with Gasteiger partial charge in [0.2, 0.25) is 21.8 Å². The molecule has 11 heteroatoms. The van der Waals surface area contributed by atoms with Gasteiger partial charge in [-0.25, -0.2) is 13.1 Å². The van der Waals surface area contributed by atoms with Crippen LogP contribution < -0.4 is 18.9 Å². The monoisotopic (exact) mass is 387 g/mol. The van der Waals surface area contributed by atoms with Crippen molar-refractivity contribution < 1.29 is 27.4 Å². The fourth-order valence-corrected chi connectivity index (χ4v) is 2.46. The maximum atomic E-state index is 12.2. The average Bonchev–Trinajstić information content (AvgIpc) is 2.52. The maximum Gasteiger partial charge on any atom is 0.328 e. The number of sulfonamides is 1. The number of amides is 1. The van der Waals surface area contributed by atoms with Gasteiger partial charge in [0, 0.05) is 0 Å². The highest BCUT2D eigenvalue weighted by Crippen LogP contribution is 2.30. The van der Waals surface area contributed by atoms with Crippen molar-refractivity contribution in [1.29, 1.82) is 0 Å². The molecule has 25 heavy (non-hydrogen) atoms. The van der Waals surface area contributed by atoms with Crippen molar-refractivity contribution in [1.82, 2.24) is 14.7 Å². The van der Waals surface area contributed by atoms with Crippen molar-refractivity contribution in [2.45, 2.75) is 0 Å². The Balaban J connectivity index is 2.44. The summed E-state index contributed by atoms with van der Waals surface area (Å²) in [6.45, 7) is 0. The second-order valence-corrected chi connectivity index (χ2v) is 6.81. The van der Waals surface area contributed by atoms with E-state index in [-0.39, 0.29) is 34.1 Å². The SMILES string of the molecule is COc1cc(OC)nc(Oc2cccc(Cl)c2C(=O)NS(C)(=O)=O)n1. The summed E-state index contributed by atoms with van der Waals surface area (Å²) in [7, 11) is -0.987. The first kappa shape index (κ1) is 18.7. The van der Waals surface area contributed by atoms with E-state index in [0.29, 0.717) is 0 Å². The molecule has 0 saturated carbocycles. The van der Waals surface area contributed by atoms with Crippen LogP contribution in [0, 0.1) is 0 Å². The van der Waals surface area contributed by atoms with Gasteiger partial charge in [-0.05, 0) is 12.1 Å². The topological polar surface area (TPSA) is 117 Å². The molecule has 9 nitrogen and oxygen atoms in total. The number of nitrogens with one attached hydrogen (secondary N) is 1. The highest BCUT2D eigenvalue weighted by molar-refractivity contribution is 7.89. The van der Waals surface area contributed by atoms with Crippen LogP contribution in [0.25, 0.3) is 0 Å². The van der Waals surface area contributed by atoms with Crippen LogP contribution in [-0.4, -0.2) is 44.8 Å². The summed E-state index contributed by atoms with van der Waals surface area (Å²) in [5, 5.41) is -0.00601. The van der Waals surface area contributed by atoms with Gasteiger partial charge in [0.1, 0.15) is 11.3 Å². The molecule has 1 aromatic heterocycles. The summed E-state index contributed by atoms with van der Waals surface area (Å²) in [4.78, 5) is 20.1. The van der Waals surface area contributed by atoms with E-state index in [9.17, 15) is 13.2 Å². The molecule has 0 aliphatic rings. The molecule has 0 aliphatic heterocycles. The van der Waals surface area contributed by atoms with Crippen molar-refractivity contribution in [3.63, 3.8) is 0 Å². The second kappa shape index (κ2) is 7.53. The summed E-state index contributed by atoms with van der Waals surface area (Å²) in [6.07, 6.45) is 0.846. The van der Waals surface area contributed by atoms with E-state index >= 15 is 0 Å². The Hall–Kier alpha value is -2.59. The first-order valence-corrected chi connectivity index (χ1v) is 8.96. The molecule has 0 atom stereocenters. The molecule has 0 fully saturated rings. The van der Waals surface area contributed by atoms with Gasteiger partial charge in [0.05, 0.1) is 31.6 Å². The smallest absolute Gasteiger partial charge is 0.328 e. The minimum absolute atomic E-state index is 0.00601. The number of carbonyl (C=O) groups is 1. The van der Waals surface area contributed by atoms with Crippen LogP contribution in [0.5, 0.6) is 23.5 Å². The zero-order chi connectivity index (χ0) is 18.6. The summed E-state index contributed by atoms with van der Waals surface area (Å²) < 4.78 is 39.9. The van der Waals surface area contributed by atoms with E-state index < -0.39 is 15.9 Å². The number of hydrogen-bond donors (Lipinski definition) is 1. The highest BCUT2D eigenvalue weighted by atomic mass is 35.5. The Morgan fingerprint density at radius 2 is 1.76 bits per heavy atom. The number of methoxy groups -OCH3 is 2. The van der Waals surface area contributed by atoms with E-state index in [4.69, 9.17) is 25.8 Å². The van der Waals surface area contributed by atoms with Crippen molar-refractivity contribution >= 4 is 27.5 Å². The zero-order valence-electron chi connectivity index (χ0n) is 13.4. The predicted molar refractivity (Wildman–Crippen MR) is 89.0 cm³/mol. The molecule has 0 unspecified atom stereocenters. The molecule has 0 spiro atoms. The lowest BCUT2D eigenvalue weighted by molar-refractivity contribution is 0.0979. The second-order valence-electron chi connectivity index (χ2n) is 4.65. The lowest BCUT2D eigenvalue weighted by Crippen LogP contribution is -2.29. The van der Waals surface area contributed by atoms with Crippen LogP contribution in [0.4, 0.5) is 0 Å². The quantitative estimate of drug-likeness (QED) is 0.794. The van der Waals surface area contributed by atoms with Gasteiger partial charge in [-0.3, -0.25) is 4.79 Å². The van der Waals surface area contributed by atoms with E-state index in [1.165, 1.54) is 38.5 Å². The largest absolute Gasteiger partial charge is 0.481 e. The van der Waals surface area contributed by atoms with Gasteiger partial charge in [0.15, 0.2) is 0 Å². The highest BCUT2D eigenvalue weighted by Gasteiger charge is 2.21. The van der Waals surface area contributed by atoms with E-state index in [0.717, 1.165) is 6.26 Å². The molecule has 1 heterocycles. The molecule has 1 aromatic carbocycles. The molecular weight excluding hydrogens is 374 g/mol. The Morgan fingerprint density at radius 1 is 1.16 bits per heavy atom. The van der Waals surface area contributed by atoms with Crippen molar-refractivity contribution in [2.75, 3.05) is 20.5 Å².